The minimum atomic E-state index is 0.322. The Kier molecular flexibility index (Phi) is 4.14. The Balaban J connectivity index is 0.000000149. The summed E-state index contributed by atoms with van der Waals surface area (Å²) in [4.78, 5) is 0. The number of anilines is 1. The molecule has 0 aliphatic carbocycles. The summed E-state index contributed by atoms with van der Waals surface area (Å²) in [7, 11) is 0. The Morgan fingerprint density at radius 3 is 2.33 bits per heavy atom. The highest BCUT2D eigenvalue weighted by Gasteiger charge is 1.96. The van der Waals surface area contributed by atoms with E-state index in [1.807, 2.05) is 42.5 Å². The number of rotatable bonds is 0. The molecule has 1 aliphatic rings. The van der Waals surface area contributed by atoms with Gasteiger partial charge in [-0.05, 0) is 29.8 Å². The molecule has 2 N–H and O–H groups in total. The molecule has 1 aliphatic heterocycles. The third-order valence-corrected chi connectivity index (χ3v) is 2.34. The van der Waals surface area contributed by atoms with Crippen molar-refractivity contribution in [2.45, 2.75) is 0 Å². The monoisotopic (exact) mass is 238 g/mol. The number of phenols is 1. The van der Waals surface area contributed by atoms with Crippen molar-refractivity contribution in [2.75, 3.05) is 5.43 Å². The first-order valence-electron chi connectivity index (χ1n) is 5.65. The van der Waals surface area contributed by atoms with Crippen molar-refractivity contribution in [3.05, 3.63) is 66.2 Å². The van der Waals surface area contributed by atoms with Gasteiger partial charge in [0.05, 0.1) is 5.69 Å². The van der Waals surface area contributed by atoms with Crippen molar-refractivity contribution < 1.29 is 5.11 Å². The van der Waals surface area contributed by atoms with Gasteiger partial charge in [0, 0.05) is 6.21 Å². The lowest BCUT2D eigenvalue weighted by Crippen LogP contribution is -1.87. The topological polar surface area (TPSA) is 44.6 Å². The molecule has 18 heavy (non-hydrogen) atoms. The molecule has 0 unspecified atom stereocenters. The van der Waals surface area contributed by atoms with E-state index < -0.39 is 0 Å². The number of hydrogen-bond donors (Lipinski definition) is 2. The van der Waals surface area contributed by atoms with Crippen molar-refractivity contribution in [1.29, 1.82) is 0 Å². The van der Waals surface area contributed by atoms with Crippen LogP contribution in [0.1, 0.15) is 5.56 Å². The Morgan fingerprint density at radius 2 is 1.61 bits per heavy atom. The van der Waals surface area contributed by atoms with Crippen molar-refractivity contribution in [1.82, 2.24) is 0 Å². The third kappa shape index (κ3) is 3.49. The van der Waals surface area contributed by atoms with E-state index in [4.69, 9.17) is 5.11 Å². The van der Waals surface area contributed by atoms with Crippen LogP contribution in [0.15, 0.2) is 65.8 Å². The first-order valence-corrected chi connectivity index (χ1v) is 5.65. The summed E-state index contributed by atoms with van der Waals surface area (Å²) in [5.41, 5.74) is 5.16. The van der Waals surface area contributed by atoms with Gasteiger partial charge in [0.1, 0.15) is 5.75 Å². The number of benzene rings is 2. The fourth-order valence-corrected chi connectivity index (χ4v) is 1.47. The van der Waals surface area contributed by atoms with Gasteiger partial charge in [-0.2, -0.15) is 5.10 Å². The van der Waals surface area contributed by atoms with E-state index >= 15 is 0 Å². The molecule has 2 aromatic carbocycles. The highest BCUT2D eigenvalue weighted by molar-refractivity contribution is 5.83. The van der Waals surface area contributed by atoms with Crippen LogP contribution in [0.25, 0.3) is 6.08 Å². The highest BCUT2D eigenvalue weighted by Crippen LogP contribution is 2.17. The normalized spacial score (nSPS) is 11.6. The molecule has 2 aromatic rings. The molecule has 1 heterocycles. The number of aromatic hydroxyl groups is 1. The number of para-hydroxylation sites is 2. The maximum atomic E-state index is 8.63. The zero-order valence-electron chi connectivity index (χ0n) is 9.82. The number of hydrogen-bond acceptors (Lipinski definition) is 3. The molecular weight excluding hydrogens is 224 g/mol. The van der Waals surface area contributed by atoms with Gasteiger partial charge in [-0.15, -0.1) is 0 Å². The van der Waals surface area contributed by atoms with E-state index in [0.717, 1.165) is 5.69 Å². The summed E-state index contributed by atoms with van der Waals surface area (Å²) in [6.45, 7) is 0. The lowest BCUT2D eigenvalue weighted by molar-refractivity contribution is 0.475. The molecule has 90 valence electrons. The second kappa shape index (κ2) is 6.25. The van der Waals surface area contributed by atoms with E-state index in [9.17, 15) is 0 Å². The number of nitrogens with one attached hydrogen (secondary N) is 1. The number of hydrazone groups is 1. The molecule has 0 saturated heterocycles. The average molecular weight is 238 g/mol. The first-order chi connectivity index (χ1) is 8.86. The van der Waals surface area contributed by atoms with Crippen molar-refractivity contribution >= 4 is 18.0 Å². The average Bonchev–Trinajstić information content (AvgIpc) is 2.65. The lowest BCUT2D eigenvalue weighted by atomic mass is 10.2. The van der Waals surface area contributed by atoms with Crippen molar-refractivity contribution in [3.63, 3.8) is 0 Å². The fourth-order valence-electron chi connectivity index (χ4n) is 1.47. The van der Waals surface area contributed by atoms with Crippen LogP contribution in [-0.4, -0.2) is 11.3 Å². The zero-order chi connectivity index (χ0) is 12.6. The molecule has 3 nitrogen and oxygen atoms in total. The van der Waals surface area contributed by atoms with Crippen LogP contribution in [0.4, 0.5) is 5.69 Å². The molecule has 0 aromatic heterocycles. The van der Waals surface area contributed by atoms with Gasteiger partial charge in [-0.3, -0.25) is 5.43 Å². The van der Waals surface area contributed by atoms with Gasteiger partial charge in [0.15, 0.2) is 0 Å². The number of allylic oxidation sites excluding steroid dienone is 1. The van der Waals surface area contributed by atoms with Crippen LogP contribution in [0.2, 0.25) is 0 Å². The van der Waals surface area contributed by atoms with Gasteiger partial charge in [0.25, 0.3) is 0 Å². The van der Waals surface area contributed by atoms with Crippen LogP contribution in [0.5, 0.6) is 5.75 Å². The molecule has 3 heteroatoms. The number of nitrogens with zero attached hydrogens (tertiary/aromatic N) is 1. The van der Waals surface area contributed by atoms with Gasteiger partial charge < -0.3 is 5.11 Å². The van der Waals surface area contributed by atoms with Gasteiger partial charge in [-0.1, -0.05) is 42.5 Å². The lowest BCUT2D eigenvalue weighted by Gasteiger charge is -2.00. The minimum absolute atomic E-state index is 0.322. The summed E-state index contributed by atoms with van der Waals surface area (Å²) in [5.74, 6) is 0.322. The molecule has 0 amide bonds. The van der Waals surface area contributed by atoms with Crippen LogP contribution in [0.3, 0.4) is 0 Å². The smallest absolute Gasteiger partial charge is 0.115 e. The van der Waals surface area contributed by atoms with Crippen molar-refractivity contribution in [3.8, 4) is 5.75 Å². The SMILES string of the molecule is C1=Cc2ccccc2NN=C1.Oc1ccccc1. The predicted octanol–water partition coefficient (Wildman–Crippen LogP) is 3.50. The summed E-state index contributed by atoms with van der Waals surface area (Å²) in [6.07, 6.45) is 5.68. The third-order valence-electron chi connectivity index (χ3n) is 2.34. The second-order valence-electron chi connectivity index (χ2n) is 3.67. The van der Waals surface area contributed by atoms with Gasteiger partial charge >= 0.3 is 0 Å². The molecule has 0 saturated carbocycles. The van der Waals surface area contributed by atoms with E-state index in [-0.39, 0.29) is 0 Å². The fraction of sp³-hybridized carbons (Fsp3) is 0. The van der Waals surface area contributed by atoms with Crippen LogP contribution in [-0.2, 0) is 0 Å². The molecule has 0 bridgehead atoms. The van der Waals surface area contributed by atoms with E-state index in [0.29, 0.717) is 5.75 Å². The maximum Gasteiger partial charge on any atom is 0.115 e. The number of fused-ring (bicyclic) bond motifs is 1. The second-order valence-corrected chi connectivity index (χ2v) is 3.67. The molecule has 0 fully saturated rings. The zero-order valence-corrected chi connectivity index (χ0v) is 9.82. The van der Waals surface area contributed by atoms with Gasteiger partial charge in [-0.25, -0.2) is 0 Å². The maximum absolute atomic E-state index is 8.63. The quantitative estimate of drug-likeness (QED) is 0.737. The summed E-state index contributed by atoms with van der Waals surface area (Å²) < 4.78 is 0. The van der Waals surface area contributed by atoms with Crippen LogP contribution < -0.4 is 5.43 Å². The Labute approximate surface area is 106 Å². The van der Waals surface area contributed by atoms with E-state index in [1.54, 1.807) is 30.5 Å². The molecule has 3 rings (SSSR count). The van der Waals surface area contributed by atoms with Crippen molar-refractivity contribution in [2.24, 2.45) is 5.10 Å². The number of phenolic OH excluding ortho intramolecular Hbond substituents is 1. The Hall–Kier alpha value is -2.55. The molecule has 0 atom stereocenters. The standard InChI is InChI=1S/C9H8N2.C6H6O/c1-2-6-9-8(4-1)5-3-7-10-11-9;7-6-4-2-1-3-5-6/h1-7,11H;1-5,7H. The predicted molar refractivity (Wildman–Crippen MR) is 75.7 cm³/mol. The summed E-state index contributed by atoms with van der Waals surface area (Å²) in [5, 5.41) is 12.6. The van der Waals surface area contributed by atoms with Crippen LogP contribution in [0, 0.1) is 0 Å². The molecule has 0 spiro atoms. The summed E-state index contributed by atoms with van der Waals surface area (Å²) >= 11 is 0. The first kappa shape index (κ1) is 11.9. The molecular formula is C15H14N2O. The van der Waals surface area contributed by atoms with Crippen LogP contribution >= 0.6 is 0 Å². The van der Waals surface area contributed by atoms with E-state index in [2.05, 4.69) is 10.5 Å². The minimum Gasteiger partial charge on any atom is -0.508 e. The molecule has 0 radical (unpaired) electrons. The highest BCUT2D eigenvalue weighted by atomic mass is 16.3. The Bertz CT molecular complexity index is 547. The summed E-state index contributed by atoms with van der Waals surface area (Å²) in [6, 6.07) is 16.8. The Morgan fingerprint density at radius 1 is 0.889 bits per heavy atom. The van der Waals surface area contributed by atoms with Gasteiger partial charge in [0.2, 0.25) is 0 Å². The van der Waals surface area contributed by atoms with E-state index in [1.165, 1.54) is 5.56 Å². The largest absolute Gasteiger partial charge is 0.508 e.